The summed E-state index contributed by atoms with van der Waals surface area (Å²) < 4.78 is 41.2. The Morgan fingerprint density at radius 1 is 1.31 bits per heavy atom. The third-order valence-corrected chi connectivity index (χ3v) is 5.68. The number of rotatable bonds is 5. The van der Waals surface area contributed by atoms with E-state index in [1.807, 2.05) is 6.92 Å². The summed E-state index contributed by atoms with van der Waals surface area (Å²) in [6.45, 7) is 3.46. The summed E-state index contributed by atoms with van der Waals surface area (Å²) in [4.78, 5) is 30.8. The standard InChI is InChI=1S/C18H18F3N5O2S/c1-9-7-12-16(29-9)22-10(2)26(17(12)28)24-15(27)5-6-25-13(11-3-4-11)8-14(23-25)18(19,20)21/h7-8,11H,3-6H2,1-2H3,(H,24,27). The maximum absolute atomic E-state index is 13.0. The molecule has 4 rings (SSSR count). The fourth-order valence-corrected chi connectivity index (χ4v) is 4.09. The first-order valence-corrected chi connectivity index (χ1v) is 9.89. The molecule has 0 bridgehead atoms. The van der Waals surface area contributed by atoms with Crippen molar-refractivity contribution in [2.45, 2.75) is 51.7 Å². The predicted octanol–water partition coefficient (Wildman–Crippen LogP) is 3.33. The van der Waals surface area contributed by atoms with Gasteiger partial charge in [0.25, 0.3) is 5.56 Å². The third-order valence-electron chi connectivity index (χ3n) is 4.74. The number of carbonyl (C=O) groups excluding carboxylic acids is 1. The number of aromatic nitrogens is 4. The van der Waals surface area contributed by atoms with Gasteiger partial charge < -0.3 is 0 Å². The van der Waals surface area contributed by atoms with Gasteiger partial charge in [-0.05, 0) is 38.8 Å². The second kappa shape index (κ2) is 6.97. The number of amides is 1. The van der Waals surface area contributed by atoms with Crippen molar-refractivity contribution in [1.82, 2.24) is 19.4 Å². The van der Waals surface area contributed by atoms with Crippen LogP contribution in [0.15, 0.2) is 16.9 Å². The summed E-state index contributed by atoms with van der Waals surface area (Å²) in [6, 6.07) is 2.77. The van der Waals surface area contributed by atoms with Crippen molar-refractivity contribution >= 4 is 27.5 Å². The first-order chi connectivity index (χ1) is 13.6. The van der Waals surface area contributed by atoms with Crippen molar-refractivity contribution in [3.05, 3.63) is 44.6 Å². The number of hydrogen-bond donors (Lipinski definition) is 1. The van der Waals surface area contributed by atoms with Crippen molar-refractivity contribution in [2.75, 3.05) is 5.43 Å². The van der Waals surface area contributed by atoms with E-state index in [9.17, 15) is 22.8 Å². The third kappa shape index (κ3) is 3.91. The van der Waals surface area contributed by atoms with Gasteiger partial charge in [-0.25, -0.2) is 9.66 Å². The van der Waals surface area contributed by atoms with Crippen LogP contribution in [0.5, 0.6) is 0 Å². The Balaban J connectivity index is 1.51. The SMILES string of the molecule is Cc1cc2c(=O)n(NC(=O)CCn3nc(C(F)(F)F)cc3C3CC3)c(C)nc2s1. The highest BCUT2D eigenvalue weighted by Crippen LogP contribution is 2.42. The molecule has 3 aromatic rings. The van der Waals surface area contributed by atoms with Gasteiger partial charge in [0.15, 0.2) is 5.69 Å². The summed E-state index contributed by atoms with van der Waals surface area (Å²) in [5.41, 5.74) is 1.65. The summed E-state index contributed by atoms with van der Waals surface area (Å²) >= 11 is 1.39. The maximum Gasteiger partial charge on any atom is 0.435 e. The summed E-state index contributed by atoms with van der Waals surface area (Å²) in [5.74, 6) is -0.121. The lowest BCUT2D eigenvalue weighted by molar-refractivity contribution is -0.141. The zero-order valence-electron chi connectivity index (χ0n) is 15.7. The number of halogens is 3. The molecule has 0 spiro atoms. The van der Waals surface area contributed by atoms with E-state index in [-0.39, 0.29) is 24.4 Å². The first-order valence-electron chi connectivity index (χ1n) is 9.08. The Morgan fingerprint density at radius 2 is 2.03 bits per heavy atom. The lowest BCUT2D eigenvalue weighted by atomic mass is 10.2. The first kappa shape index (κ1) is 19.6. The molecular formula is C18H18F3N5O2S. The van der Waals surface area contributed by atoms with Crippen LogP contribution >= 0.6 is 11.3 Å². The lowest BCUT2D eigenvalue weighted by Crippen LogP contribution is -2.35. The highest BCUT2D eigenvalue weighted by atomic mass is 32.1. The highest BCUT2D eigenvalue weighted by molar-refractivity contribution is 7.18. The van der Waals surface area contributed by atoms with Crippen molar-refractivity contribution in [1.29, 1.82) is 0 Å². The molecule has 1 fully saturated rings. The number of nitrogens with one attached hydrogen (secondary N) is 1. The second-order valence-corrected chi connectivity index (χ2v) is 8.34. The second-order valence-electron chi connectivity index (χ2n) is 7.11. The summed E-state index contributed by atoms with van der Waals surface area (Å²) in [5, 5.41) is 4.05. The van der Waals surface area contributed by atoms with Gasteiger partial charge in [-0.3, -0.25) is 19.7 Å². The molecule has 1 aliphatic carbocycles. The van der Waals surface area contributed by atoms with Gasteiger partial charge in [0.2, 0.25) is 5.91 Å². The van der Waals surface area contributed by atoms with Gasteiger partial charge in [0.05, 0.1) is 11.9 Å². The van der Waals surface area contributed by atoms with Crippen LogP contribution < -0.4 is 11.0 Å². The van der Waals surface area contributed by atoms with Crippen LogP contribution in [0.2, 0.25) is 0 Å². The molecule has 29 heavy (non-hydrogen) atoms. The monoisotopic (exact) mass is 425 g/mol. The molecule has 1 amide bonds. The quantitative estimate of drug-likeness (QED) is 0.680. The minimum Gasteiger partial charge on any atom is -0.273 e. The number of hydrogen-bond acceptors (Lipinski definition) is 5. The highest BCUT2D eigenvalue weighted by Gasteiger charge is 2.37. The summed E-state index contributed by atoms with van der Waals surface area (Å²) in [7, 11) is 0. The number of alkyl halides is 3. The molecule has 0 atom stereocenters. The van der Waals surface area contributed by atoms with Crippen molar-refractivity contribution in [3.63, 3.8) is 0 Å². The van der Waals surface area contributed by atoms with E-state index in [4.69, 9.17) is 0 Å². The van der Waals surface area contributed by atoms with Crippen LogP contribution in [-0.4, -0.2) is 25.3 Å². The lowest BCUT2D eigenvalue weighted by Gasteiger charge is -2.11. The minimum atomic E-state index is -4.53. The van der Waals surface area contributed by atoms with E-state index in [2.05, 4.69) is 15.5 Å². The van der Waals surface area contributed by atoms with E-state index >= 15 is 0 Å². The van der Waals surface area contributed by atoms with E-state index in [0.717, 1.165) is 28.5 Å². The van der Waals surface area contributed by atoms with Gasteiger partial charge in [-0.2, -0.15) is 18.3 Å². The van der Waals surface area contributed by atoms with E-state index in [1.54, 1.807) is 13.0 Å². The number of fused-ring (bicyclic) bond motifs is 1. The number of thiophene rings is 1. The Hall–Kier alpha value is -2.69. The molecule has 0 aliphatic heterocycles. The average molecular weight is 425 g/mol. The molecule has 154 valence electrons. The number of carbonyl (C=O) groups is 1. The normalized spacial score (nSPS) is 14.5. The minimum absolute atomic E-state index is 0.00518. The van der Waals surface area contributed by atoms with Crippen molar-refractivity contribution in [3.8, 4) is 0 Å². The fourth-order valence-electron chi connectivity index (χ4n) is 3.18. The molecular weight excluding hydrogens is 407 g/mol. The largest absolute Gasteiger partial charge is 0.435 e. The molecule has 1 saturated carbocycles. The molecule has 1 aliphatic rings. The van der Waals surface area contributed by atoms with Gasteiger partial charge in [-0.1, -0.05) is 0 Å². The van der Waals surface area contributed by atoms with Crippen molar-refractivity contribution < 1.29 is 18.0 Å². The van der Waals surface area contributed by atoms with Crippen LogP contribution in [0.4, 0.5) is 13.2 Å². The van der Waals surface area contributed by atoms with Crippen LogP contribution in [0.3, 0.4) is 0 Å². The van der Waals surface area contributed by atoms with Crippen LogP contribution in [0, 0.1) is 13.8 Å². The Kier molecular flexibility index (Phi) is 4.72. The Labute approximate surface area is 167 Å². The number of aryl methyl sites for hydroxylation is 3. The molecule has 3 heterocycles. The molecule has 7 nitrogen and oxygen atoms in total. The predicted molar refractivity (Wildman–Crippen MR) is 102 cm³/mol. The van der Waals surface area contributed by atoms with Crippen LogP contribution in [0.25, 0.3) is 10.2 Å². The van der Waals surface area contributed by atoms with Crippen molar-refractivity contribution in [2.24, 2.45) is 0 Å². The zero-order valence-corrected chi connectivity index (χ0v) is 16.5. The van der Waals surface area contributed by atoms with Gasteiger partial charge >= 0.3 is 6.18 Å². The van der Waals surface area contributed by atoms with Crippen LogP contribution in [-0.2, 0) is 17.5 Å². The fraction of sp³-hybridized carbons (Fsp3) is 0.444. The Morgan fingerprint density at radius 3 is 2.69 bits per heavy atom. The number of nitrogens with zero attached hydrogens (tertiary/aromatic N) is 4. The summed E-state index contributed by atoms with van der Waals surface area (Å²) in [6.07, 6.45) is -3.02. The van der Waals surface area contributed by atoms with Crippen LogP contribution in [0.1, 0.15) is 47.3 Å². The molecule has 1 N–H and O–H groups in total. The average Bonchev–Trinajstić information content (AvgIpc) is 3.26. The van der Waals surface area contributed by atoms with E-state index < -0.39 is 17.8 Å². The molecule has 3 aromatic heterocycles. The van der Waals surface area contributed by atoms with Gasteiger partial charge in [-0.15, -0.1) is 11.3 Å². The van der Waals surface area contributed by atoms with Gasteiger partial charge in [0, 0.05) is 22.9 Å². The molecule has 0 saturated heterocycles. The zero-order chi connectivity index (χ0) is 20.9. The van der Waals surface area contributed by atoms with Gasteiger partial charge in [0.1, 0.15) is 10.7 Å². The maximum atomic E-state index is 13.0. The Bertz CT molecular complexity index is 1160. The molecule has 11 heteroatoms. The van der Waals surface area contributed by atoms with E-state index in [0.29, 0.717) is 21.7 Å². The topological polar surface area (TPSA) is 81.8 Å². The molecule has 0 aromatic carbocycles. The smallest absolute Gasteiger partial charge is 0.273 e. The van der Waals surface area contributed by atoms with E-state index in [1.165, 1.54) is 16.0 Å². The molecule has 0 radical (unpaired) electrons. The molecule has 0 unspecified atom stereocenters.